The van der Waals surface area contributed by atoms with Crippen LogP contribution in [0.2, 0.25) is 0 Å². The Morgan fingerprint density at radius 3 is 2.46 bits per heavy atom. The van der Waals surface area contributed by atoms with Crippen LogP contribution in [0.3, 0.4) is 0 Å². The van der Waals surface area contributed by atoms with Gasteiger partial charge in [0.2, 0.25) is 0 Å². The van der Waals surface area contributed by atoms with Gasteiger partial charge in [-0.05, 0) is 24.6 Å². The van der Waals surface area contributed by atoms with E-state index in [0.717, 1.165) is 26.5 Å². The van der Waals surface area contributed by atoms with Crippen LogP contribution in [0.25, 0.3) is 22.0 Å². The third kappa shape index (κ3) is 3.55. The average Bonchev–Trinajstić information content (AvgIpc) is 3.00. The number of carbonyl (C=O) groups excluding carboxylic acids is 1. The van der Waals surface area contributed by atoms with Crippen LogP contribution < -0.4 is 9.47 Å². The standard InChI is InChI=1S/C20H20BrNO4/c1-4-26-19(23)12-22-11-16(13-5-7-14(21)8-6-13)20-17(22)9-15(24-2)10-18(20)25-3/h5-11H,4,12H2,1-3H3. The van der Waals surface area contributed by atoms with Gasteiger partial charge in [-0.2, -0.15) is 0 Å². The number of hydrogen-bond acceptors (Lipinski definition) is 4. The molecule has 3 aromatic rings. The highest BCUT2D eigenvalue weighted by Gasteiger charge is 2.18. The summed E-state index contributed by atoms with van der Waals surface area (Å²) < 4.78 is 19.0. The molecule has 1 heterocycles. The van der Waals surface area contributed by atoms with Gasteiger partial charge in [-0.1, -0.05) is 28.1 Å². The minimum Gasteiger partial charge on any atom is -0.497 e. The number of rotatable bonds is 6. The Labute approximate surface area is 160 Å². The van der Waals surface area contributed by atoms with Gasteiger partial charge in [-0.3, -0.25) is 4.79 Å². The Bertz CT molecular complexity index is 931. The number of carbonyl (C=O) groups is 1. The smallest absolute Gasteiger partial charge is 0.325 e. The molecule has 0 fully saturated rings. The van der Waals surface area contributed by atoms with Crippen LogP contribution in [0.5, 0.6) is 11.5 Å². The third-order valence-corrected chi connectivity index (χ3v) is 4.66. The average molecular weight is 418 g/mol. The van der Waals surface area contributed by atoms with E-state index in [4.69, 9.17) is 14.2 Å². The van der Waals surface area contributed by atoms with Crippen molar-refractivity contribution in [2.75, 3.05) is 20.8 Å². The lowest BCUT2D eigenvalue weighted by Crippen LogP contribution is -2.12. The maximum absolute atomic E-state index is 12.0. The van der Waals surface area contributed by atoms with Gasteiger partial charge in [0.1, 0.15) is 18.0 Å². The van der Waals surface area contributed by atoms with Crippen LogP contribution in [0.4, 0.5) is 0 Å². The molecule has 136 valence electrons. The van der Waals surface area contributed by atoms with E-state index in [-0.39, 0.29) is 12.5 Å². The fourth-order valence-corrected chi connectivity index (χ4v) is 3.23. The number of nitrogens with zero attached hydrogens (tertiary/aromatic N) is 1. The quantitative estimate of drug-likeness (QED) is 0.547. The molecule has 1 aromatic heterocycles. The predicted molar refractivity (Wildman–Crippen MR) is 105 cm³/mol. The van der Waals surface area contributed by atoms with Crippen molar-refractivity contribution in [1.82, 2.24) is 4.57 Å². The van der Waals surface area contributed by atoms with E-state index in [1.807, 2.05) is 47.2 Å². The normalized spacial score (nSPS) is 10.8. The van der Waals surface area contributed by atoms with Gasteiger partial charge < -0.3 is 18.8 Å². The topological polar surface area (TPSA) is 49.7 Å². The zero-order valence-electron chi connectivity index (χ0n) is 14.9. The molecule has 3 rings (SSSR count). The molecule has 2 aromatic carbocycles. The minimum atomic E-state index is -0.284. The second-order valence-electron chi connectivity index (χ2n) is 5.71. The van der Waals surface area contributed by atoms with Crippen LogP contribution >= 0.6 is 15.9 Å². The molecular formula is C20H20BrNO4. The highest BCUT2D eigenvalue weighted by atomic mass is 79.9. The zero-order valence-corrected chi connectivity index (χ0v) is 16.5. The summed E-state index contributed by atoms with van der Waals surface area (Å²) in [5.41, 5.74) is 2.87. The molecule has 0 saturated carbocycles. The fraction of sp³-hybridized carbons (Fsp3) is 0.250. The number of halogens is 1. The van der Waals surface area contributed by atoms with Gasteiger partial charge in [0.15, 0.2) is 0 Å². The summed E-state index contributed by atoms with van der Waals surface area (Å²) in [5.74, 6) is 1.08. The second kappa shape index (κ2) is 7.83. The fourth-order valence-electron chi connectivity index (χ4n) is 2.97. The van der Waals surface area contributed by atoms with Crippen molar-refractivity contribution in [2.24, 2.45) is 0 Å². The molecular weight excluding hydrogens is 398 g/mol. The van der Waals surface area contributed by atoms with Crippen molar-refractivity contribution in [1.29, 1.82) is 0 Å². The van der Waals surface area contributed by atoms with Crippen molar-refractivity contribution in [3.8, 4) is 22.6 Å². The first-order chi connectivity index (χ1) is 12.6. The molecule has 0 atom stereocenters. The molecule has 0 bridgehead atoms. The predicted octanol–water partition coefficient (Wildman–Crippen LogP) is 4.65. The SMILES string of the molecule is CCOC(=O)Cn1cc(-c2ccc(Br)cc2)c2c(OC)cc(OC)cc21. The van der Waals surface area contributed by atoms with Crippen LogP contribution in [-0.2, 0) is 16.1 Å². The number of esters is 1. The van der Waals surface area contributed by atoms with Crippen molar-refractivity contribution >= 4 is 32.8 Å². The molecule has 5 nitrogen and oxygen atoms in total. The van der Waals surface area contributed by atoms with Crippen molar-refractivity contribution < 1.29 is 19.0 Å². The largest absolute Gasteiger partial charge is 0.497 e. The summed E-state index contributed by atoms with van der Waals surface area (Å²) >= 11 is 3.46. The molecule has 0 aliphatic heterocycles. The lowest BCUT2D eigenvalue weighted by molar-refractivity contribution is -0.143. The van der Waals surface area contributed by atoms with Gasteiger partial charge >= 0.3 is 5.97 Å². The van der Waals surface area contributed by atoms with Gasteiger partial charge in [0, 0.05) is 33.8 Å². The van der Waals surface area contributed by atoms with Gasteiger partial charge in [0.25, 0.3) is 0 Å². The van der Waals surface area contributed by atoms with Crippen LogP contribution in [0, 0.1) is 0 Å². The van der Waals surface area contributed by atoms with E-state index in [2.05, 4.69) is 15.9 Å². The third-order valence-electron chi connectivity index (χ3n) is 4.13. The van der Waals surface area contributed by atoms with Crippen LogP contribution in [-0.4, -0.2) is 31.4 Å². The molecule has 26 heavy (non-hydrogen) atoms. The summed E-state index contributed by atoms with van der Waals surface area (Å²) in [6.45, 7) is 2.27. The lowest BCUT2D eigenvalue weighted by Gasteiger charge is -2.09. The first-order valence-electron chi connectivity index (χ1n) is 8.23. The van der Waals surface area contributed by atoms with E-state index >= 15 is 0 Å². The molecule has 0 aliphatic rings. The number of benzene rings is 2. The second-order valence-corrected chi connectivity index (χ2v) is 6.62. The van der Waals surface area contributed by atoms with E-state index in [0.29, 0.717) is 18.1 Å². The highest BCUT2D eigenvalue weighted by molar-refractivity contribution is 9.10. The Balaban J connectivity index is 2.23. The molecule has 0 unspecified atom stereocenters. The summed E-state index contributed by atoms with van der Waals surface area (Å²) in [4.78, 5) is 12.0. The number of fused-ring (bicyclic) bond motifs is 1. The number of aromatic nitrogens is 1. The number of methoxy groups -OCH3 is 2. The van der Waals surface area contributed by atoms with Gasteiger partial charge in [-0.15, -0.1) is 0 Å². The summed E-state index contributed by atoms with van der Waals surface area (Å²) in [6.07, 6.45) is 1.95. The maximum Gasteiger partial charge on any atom is 0.325 e. The first kappa shape index (κ1) is 18.3. The van der Waals surface area contributed by atoms with E-state index in [9.17, 15) is 4.79 Å². The maximum atomic E-state index is 12.0. The molecule has 0 spiro atoms. The van der Waals surface area contributed by atoms with Gasteiger partial charge in [-0.25, -0.2) is 0 Å². The van der Waals surface area contributed by atoms with Crippen LogP contribution in [0.15, 0.2) is 47.1 Å². The molecule has 0 N–H and O–H groups in total. The summed E-state index contributed by atoms with van der Waals surface area (Å²) in [5, 5.41) is 0.930. The van der Waals surface area contributed by atoms with E-state index in [1.165, 1.54) is 0 Å². The van der Waals surface area contributed by atoms with E-state index < -0.39 is 0 Å². The summed E-state index contributed by atoms with van der Waals surface area (Å²) in [6, 6.07) is 11.8. The Morgan fingerprint density at radius 2 is 1.85 bits per heavy atom. The summed E-state index contributed by atoms with van der Waals surface area (Å²) in [7, 11) is 3.23. The molecule has 0 radical (unpaired) electrons. The van der Waals surface area contributed by atoms with Crippen molar-refractivity contribution in [2.45, 2.75) is 13.5 Å². The Kier molecular flexibility index (Phi) is 5.52. The molecule has 0 amide bonds. The van der Waals surface area contributed by atoms with Crippen molar-refractivity contribution in [3.05, 3.63) is 47.1 Å². The number of ether oxygens (including phenoxy) is 3. The van der Waals surface area contributed by atoms with Gasteiger partial charge in [0.05, 0.1) is 26.3 Å². The zero-order chi connectivity index (χ0) is 18.7. The lowest BCUT2D eigenvalue weighted by atomic mass is 10.0. The Hall–Kier alpha value is -2.47. The van der Waals surface area contributed by atoms with Crippen LogP contribution in [0.1, 0.15) is 6.92 Å². The Morgan fingerprint density at radius 1 is 1.12 bits per heavy atom. The first-order valence-corrected chi connectivity index (χ1v) is 9.03. The minimum absolute atomic E-state index is 0.122. The molecule has 0 saturated heterocycles. The van der Waals surface area contributed by atoms with E-state index in [1.54, 1.807) is 21.1 Å². The molecule has 6 heteroatoms. The highest BCUT2D eigenvalue weighted by Crippen LogP contribution is 2.40. The molecule has 0 aliphatic carbocycles. The monoisotopic (exact) mass is 417 g/mol. The van der Waals surface area contributed by atoms with Crippen molar-refractivity contribution in [3.63, 3.8) is 0 Å². The number of hydrogen-bond donors (Lipinski definition) is 0.